The lowest BCUT2D eigenvalue weighted by molar-refractivity contribution is 0.115. The molecule has 18 heavy (non-hydrogen) atoms. The van der Waals surface area contributed by atoms with Crippen LogP contribution in [0.25, 0.3) is 0 Å². The molecule has 0 aliphatic heterocycles. The number of carbonyl (C=O) groups excluding carboxylic acids is 1. The fraction of sp³-hybridized carbons (Fsp3) is 0.583. The van der Waals surface area contributed by atoms with Gasteiger partial charge in [0, 0.05) is 13.5 Å². The van der Waals surface area contributed by atoms with Crippen LogP contribution in [0.5, 0.6) is 0 Å². The predicted octanol–water partition coefficient (Wildman–Crippen LogP) is 2.23. The summed E-state index contributed by atoms with van der Waals surface area (Å²) >= 11 is 0. The number of rotatable bonds is 7. The second-order valence-electron chi connectivity index (χ2n) is 3.63. The van der Waals surface area contributed by atoms with Gasteiger partial charge < -0.3 is 19.2 Å². The molecular formula is C12H18FNO4. The first-order valence-corrected chi connectivity index (χ1v) is 5.78. The van der Waals surface area contributed by atoms with Gasteiger partial charge in [0.05, 0.1) is 6.61 Å². The van der Waals surface area contributed by atoms with E-state index in [-0.39, 0.29) is 13.2 Å². The molecule has 0 bridgehead atoms. The average molecular weight is 259 g/mol. The van der Waals surface area contributed by atoms with Gasteiger partial charge in [-0.2, -0.15) is 0 Å². The van der Waals surface area contributed by atoms with Crippen molar-refractivity contribution in [1.29, 1.82) is 0 Å². The van der Waals surface area contributed by atoms with E-state index in [9.17, 15) is 9.18 Å². The van der Waals surface area contributed by atoms with Gasteiger partial charge in [-0.15, -0.1) is 0 Å². The first-order chi connectivity index (χ1) is 8.71. The minimum Gasteiger partial charge on any atom is -0.464 e. The van der Waals surface area contributed by atoms with Gasteiger partial charge in [-0.05, 0) is 12.1 Å². The smallest absolute Gasteiger partial charge is 0.407 e. The van der Waals surface area contributed by atoms with Crippen LogP contribution in [0, 0.1) is 0 Å². The normalized spacial score (nSPS) is 12.2. The van der Waals surface area contributed by atoms with Crippen LogP contribution in [-0.4, -0.2) is 33.1 Å². The summed E-state index contributed by atoms with van der Waals surface area (Å²) in [5, 5.41) is 2.56. The summed E-state index contributed by atoms with van der Waals surface area (Å²) < 4.78 is 27.0. The third-order valence-electron chi connectivity index (χ3n) is 2.31. The van der Waals surface area contributed by atoms with Crippen LogP contribution in [0.3, 0.4) is 0 Å². The Morgan fingerprint density at radius 2 is 2.33 bits per heavy atom. The third-order valence-corrected chi connectivity index (χ3v) is 2.31. The van der Waals surface area contributed by atoms with E-state index >= 15 is 0 Å². The Kier molecular flexibility index (Phi) is 6.21. The zero-order valence-electron chi connectivity index (χ0n) is 10.6. The van der Waals surface area contributed by atoms with Gasteiger partial charge >= 0.3 is 6.09 Å². The molecule has 102 valence electrons. The number of methoxy groups -OCH3 is 1. The van der Waals surface area contributed by atoms with Gasteiger partial charge in [-0.25, -0.2) is 9.18 Å². The number of alkyl carbamates (subject to hydrolysis) is 1. The molecule has 1 rings (SSSR count). The largest absolute Gasteiger partial charge is 0.464 e. The molecule has 1 aromatic rings. The van der Waals surface area contributed by atoms with Crippen molar-refractivity contribution in [2.75, 3.05) is 27.0 Å². The Hall–Kier alpha value is -1.56. The number of alkyl halides is 1. The Bertz CT molecular complexity index is 367. The van der Waals surface area contributed by atoms with Crippen LogP contribution in [0.15, 0.2) is 16.5 Å². The van der Waals surface area contributed by atoms with E-state index in [1.54, 1.807) is 6.07 Å². The van der Waals surface area contributed by atoms with Gasteiger partial charge in [0.15, 0.2) is 0 Å². The molecule has 0 saturated carbocycles. The second kappa shape index (κ2) is 7.71. The van der Waals surface area contributed by atoms with Crippen LogP contribution in [-0.2, 0) is 15.9 Å². The fourth-order valence-corrected chi connectivity index (χ4v) is 1.45. The molecule has 0 saturated heterocycles. The standard InChI is InChI=1S/C12H18FNO4/c1-3-9-4-5-11(18-9)10(8-16-2)14-12(15)17-7-6-13/h4-5,10H,3,6-8H2,1-2H3,(H,14,15)/t10-/m1/s1. The van der Waals surface area contributed by atoms with Crippen LogP contribution >= 0.6 is 0 Å². The number of hydrogen-bond acceptors (Lipinski definition) is 4. The first-order valence-electron chi connectivity index (χ1n) is 5.78. The lowest BCUT2D eigenvalue weighted by Crippen LogP contribution is -2.32. The van der Waals surface area contributed by atoms with E-state index < -0.39 is 18.8 Å². The predicted molar refractivity (Wildman–Crippen MR) is 63.2 cm³/mol. The van der Waals surface area contributed by atoms with Crippen molar-refractivity contribution >= 4 is 6.09 Å². The molecule has 0 aliphatic carbocycles. The Labute approximate surface area is 105 Å². The molecule has 5 nitrogen and oxygen atoms in total. The summed E-state index contributed by atoms with van der Waals surface area (Å²) in [4.78, 5) is 11.3. The highest BCUT2D eigenvalue weighted by atomic mass is 19.1. The number of hydrogen-bond donors (Lipinski definition) is 1. The van der Waals surface area contributed by atoms with Crippen molar-refractivity contribution in [1.82, 2.24) is 5.32 Å². The summed E-state index contributed by atoms with van der Waals surface area (Å²) in [6.07, 6.45) is 0.0792. The summed E-state index contributed by atoms with van der Waals surface area (Å²) in [7, 11) is 1.52. The molecule has 0 aliphatic rings. The zero-order chi connectivity index (χ0) is 13.4. The van der Waals surface area contributed by atoms with E-state index in [0.717, 1.165) is 12.2 Å². The SMILES string of the molecule is CCc1ccc([C@@H](COC)NC(=O)OCCF)o1. The number of amides is 1. The highest BCUT2D eigenvalue weighted by molar-refractivity contribution is 5.67. The van der Waals surface area contributed by atoms with Crippen LogP contribution in [0.1, 0.15) is 24.5 Å². The summed E-state index contributed by atoms with van der Waals surface area (Å²) in [5.41, 5.74) is 0. The number of furan rings is 1. The number of nitrogens with one attached hydrogen (secondary N) is 1. The van der Waals surface area contributed by atoms with Crippen molar-refractivity contribution in [3.8, 4) is 0 Å². The van der Waals surface area contributed by atoms with Gasteiger partial charge in [-0.3, -0.25) is 0 Å². The number of ether oxygens (including phenoxy) is 2. The number of halogens is 1. The summed E-state index contributed by atoms with van der Waals surface area (Å²) in [6, 6.07) is 3.17. The Balaban J connectivity index is 2.61. The van der Waals surface area contributed by atoms with Gasteiger partial charge in [-0.1, -0.05) is 6.92 Å². The van der Waals surface area contributed by atoms with Crippen molar-refractivity contribution in [2.24, 2.45) is 0 Å². The quantitative estimate of drug-likeness (QED) is 0.815. The summed E-state index contributed by atoms with van der Waals surface area (Å²) in [5.74, 6) is 1.41. The molecule has 0 unspecified atom stereocenters. The minimum absolute atomic E-state index is 0.251. The minimum atomic E-state index is -0.705. The molecule has 1 heterocycles. The molecule has 0 aromatic carbocycles. The van der Waals surface area contributed by atoms with Crippen LogP contribution < -0.4 is 5.32 Å². The molecule has 1 N–H and O–H groups in total. The fourth-order valence-electron chi connectivity index (χ4n) is 1.45. The average Bonchev–Trinajstić information content (AvgIpc) is 2.84. The van der Waals surface area contributed by atoms with Crippen LogP contribution in [0.4, 0.5) is 9.18 Å². The lowest BCUT2D eigenvalue weighted by Gasteiger charge is -2.15. The molecule has 0 radical (unpaired) electrons. The molecular weight excluding hydrogens is 241 g/mol. The van der Waals surface area contributed by atoms with E-state index in [4.69, 9.17) is 9.15 Å². The lowest BCUT2D eigenvalue weighted by atomic mass is 10.2. The number of carbonyl (C=O) groups is 1. The van der Waals surface area contributed by atoms with Crippen molar-refractivity contribution < 1.29 is 23.1 Å². The van der Waals surface area contributed by atoms with Crippen molar-refractivity contribution in [3.05, 3.63) is 23.7 Å². The highest BCUT2D eigenvalue weighted by Crippen LogP contribution is 2.17. The van der Waals surface area contributed by atoms with E-state index in [1.165, 1.54) is 7.11 Å². The van der Waals surface area contributed by atoms with E-state index in [1.807, 2.05) is 13.0 Å². The van der Waals surface area contributed by atoms with Gasteiger partial charge in [0.2, 0.25) is 0 Å². The maximum Gasteiger partial charge on any atom is 0.407 e. The Morgan fingerprint density at radius 1 is 1.56 bits per heavy atom. The molecule has 1 aromatic heterocycles. The van der Waals surface area contributed by atoms with E-state index in [0.29, 0.717) is 5.76 Å². The van der Waals surface area contributed by atoms with E-state index in [2.05, 4.69) is 10.1 Å². The third kappa shape index (κ3) is 4.37. The Morgan fingerprint density at radius 3 is 2.89 bits per heavy atom. The zero-order valence-corrected chi connectivity index (χ0v) is 10.6. The second-order valence-corrected chi connectivity index (χ2v) is 3.63. The summed E-state index contributed by atoms with van der Waals surface area (Å²) in [6.45, 7) is 1.26. The maximum atomic E-state index is 11.9. The maximum absolute atomic E-state index is 11.9. The topological polar surface area (TPSA) is 60.7 Å². The van der Waals surface area contributed by atoms with Crippen molar-refractivity contribution in [2.45, 2.75) is 19.4 Å². The van der Waals surface area contributed by atoms with Crippen LogP contribution in [0.2, 0.25) is 0 Å². The van der Waals surface area contributed by atoms with Crippen molar-refractivity contribution in [3.63, 3.8) is 0 Å². The van der Waals surface area contributed by atoms with Gasteiger partial charge in [0.25, 0.3) is 0 Å². The molecule has 0 fully saturated rings. The molecule has 1 atom stereocenters. The number of aryl methyl sites for hydroxylation is 1. The van der Waals surface area contributed by atoms with Gasteiger partial charge in [0.1, 0.15) is 30.8 Å². The first kappa shape index (κ1) is 14.5. The molecule has 0 spiro atoms. The monoisotopic (exact) mass is 259 g/mol. The highest BCUT2D eigenvalue weighted by Gasteiger charge is 2.18. The molecule has 6 heteroatoms. The molecule has 1 amide bonds.